The monoisotopic (exact) mass is 339 g/mol. The number of ether oxygens (including phenoxy) is 1. The summed E-state index contributed by atoms with van der Waals surface area (Å²) in [5, 5.41) is 4.02. The van der Waals surface area contributed by atoms with Crippen LogP contribution in [0.1, 0.15) is 17.0 Å². The van der Waals surface area contributed by atoms with E-state index in [1.165, 1.54) is 0 Å². The zero-order valence-corrected chi connectivity index (χ0v) is 13.4. The predicted octanol–water partition coefficient (Wildman–Crippen LogP) is 2.63. The molecular formula is C14H18BrN3O2. The fraction of sp³-hybridized carbons (Fsp3) is 0.429. The van der Waals surface area contributed by atoms with Crippen LogP contribution < -0.4 is 5.73 Å². The summed E-state index contributed by atoms with van der Waals surface area (Å²) in [6.07, 6.45) is 0.422. The van der Waals surface area contributed by atoms with E-state index in [1.54, 1.807) is 7.11 Å². The van der Waals surface area contributed by atoms with Crippen molar-refractivity contribution in [3.63, 3.8) is 0 Å². The molecule has 1 atom stereocenters. The van der Waals surface area contributed by atoms with Crippen LogP contribution in [-0.2, 0) is 11.2 Å². The highest BCUT2D eigenvalue weighted by Gasteiger charge is 2.14. The molecule has 5 nitrogen and oxygen atoms in total. The van der Waals surface area contributed by atoms with Crippen LogP contribution in [0.15, 0.2) is 21.1 Å². The molecule has 0 bridgehead atoms. The maximum atomic E-state index is 5.59. The molecule has 0 fully saturated rings. The summed E-state index contributed by atoms with van der Waals surface area (Å²) in [6.45, 7) is 4.50. The molecule has 0 spiro atoms. The first-order valence-corrected chi connectivity index (χ1v) is 7.17. The van der Waals surface area contributed by atoms with E-state index in [-0.39, 0.29) is 6.10 Å². The number of aromatic nitrogens is 2. The Morgan fingerprint density at radius 1 is 1.35 bits per heavy atom. The standard InChI is InChI=1S/C14H18BrN3O2/c1-8-4-10(5-9(2)13(8)15)14-17-12(20-18-14)6-11(7-16)19-3/h4-5,11H,6-7,16H2,1-3H3. The largest absolute Gasteiger partial charge is 0.380 e. The van der Waals surface area contributed by atoms with Crippen molar-refractivity contribution in [3.05, 3.63) is 33.6 Å². The van der Waals surface area contributed by atoms with E-state index in [0.29, 0.717) is 24.7 Å². The van der Waals surface area contributed by atoms with E-state index in [9.17, 15) is 0 Å². The minimum atomic E-state index is -0.100. The van der Waals surface area contributed by atoms with Crippen molar-refractivity contribution >= 4 is 15.9 Å². The molecule has 0 saturated heterocycles. The molecule has 0 amide bonds. The Kier molecular flexibility index (Phi) is 4.91. The SMILES string of the molecule is COC(CN)Cc1nc(-c2cc(C)c(Br)c(C)c2)no1. The lowest BCUT2D eigenvalue weighted by Gasteiger charge is -2.08. The average molecular weight is 340 g/mol. The Morgan fingerprint density at radius 3 is 2.55 bits per heavy atom. The molecular weight excluding hydrogens is 322 g/mol. The highest BCUT2D eigenvalue weighted by molar-refractivity contribution is 9.10. The van der Waals surface area contributed by atoms with Crippen molar-refractivity contribution in [2.45, 2.75) is 26.4 Å². The molecule has 1 heterocycles. The minimum Gasteiger partial charge on any atom is -0.380 e. The van der Waals surface area contributed by atoms with Gasteiger partial charge in [-0.25, -0.2) is 0 Å². The second kappa shape index (κ2) is 6.47. The third-order valence-corrected chi connectivity index (χ3v) is 4.41. The second-order valence-electron chi connectivity index (χ2n) is 4.73. The molecule has 1 aromatic carbocycles. The lowest BCUT2D eigenvalue weighted by atomic mass is 10.1. The van der Waals surface area contributed by atoms with Crippen molar-refractivity contribution in [2.24, 2.45) is 5.73 Å². The van der Waals surface area contributed by atoms with E-state index >= 15 is 0 Å². The van der Waals surface area contributed by atoms with E-state index < -0.39 is 0 Å². The Labute approximate surface area is 126 Å². The van der Waals surface area contributed by atoms with Crippen molar-refractivity contribution < 1.29 is 9.26 Å². The van der Waals surface area contributed by atoms with Crippen molar-refractivity contribution in [1.82, 2.24) is 10.1 Å². The fourth-order valence-corrected chi connectivity index (χ4v) is 2.22. The summed E-state index contributed by atoms with van der Waals surface area (Å²) < 4.78 is 11.6. The van der Waals surface area contributed by atoms with Gasteiger partial charge in [0.25, 0.3) is 0 Å². The second-order valence-corrected chi connectivity index (χ2v) is 5.53. The van der Waals surface area contributed by atoms with Gasteiger partial charge in [-0.3, -0.25) is 0 Å². The van der Waals surface area contributed by atoms with Gasteiger partial charge in [-0.1, -0.05) is 21.1 Å². The van der Waals surface area contributed by atoms with E-state index in [4.69, 9.17) is 15.0 Å². The van der Waals surface area contributed by atoms with Gasteiger partial charge in [0, 0.05) is 23.7 Å². The summed E-state index contributed by atoms with van der Waals surface area (Å²) in [7, 11) is 1.62. The summed E-state index contributed by atoms with van der Waals surface area (Å²) in [4.78, 5) is 4.40. The molecule has 0 aliphatic rings. The van der Waals surface area contributed by atoms with Gasteiger partial charge in [-0.15, -0.1) is 0 Å². The van der Waals surface area contributed by atoms with Gasteiger partial charge in [0.2, 0.25) is 11.7 Å². The number of halogens is 1. The Hall–Kier alpha value is -1.24. The fourth-order valence-electron chi connectivity index (χ4n) is 1.99. The molecule has 0 saturated carbocycles. The van der Waals surface area contributed by atoms with Gasteiger partial charge in [0.05, 0.1) is 12.5 Å². The van der Waals surface area contributed by atoms with Crippen LogP contribution in [0.5, 0.6) is 0 Å². The van der Waals surface area contributed by atoms with Gasteiger partial charge >= 0.3 is 0 Å². The number of methoxy groups -OCH3 is 1. The van der Waals surface area contributed by atoms with Crippen LogP contribution in [-0.4, -0.2) is 29.9 Å². The highest BCUT2D eigenvalue weighted by Crippen LogP contribution is 2.27. The molecule has 1 aromatic heterocycles. The summed E-state index contributed by atoms with van der Waals surface area (Å²) in [5.41, 5.74) is 8.81. The Balaban J connectivity index is 2.24. The smallest absolute Gasteiger partial charge is 0.229 e. The minimum absolute atomic E-state index is 0.100. The summed E-state index contributed by atoms with van der Waals surface area (Å²) in [5.74, 6) is 1.13. The molecule has 20 heavy (non-hydrogen) atoms. The molecule has 0 aliphatic heterocycles. The highest BCUT2D eigenvalue weighted by atomic mass is 79.9. The molecule has 6 heteroatoms. The van der Waals surface area contributed by atoms with E-state index in [2.05, 4.69) is 26.1 Å². The number of nitrogens with two attached hydrogens (primary N) is 1. The Bertz CT molecular complexity index is 571. The maximum absolute atomic E-state index is 5.59. The van der Waals surface area contributed by atoms with Gasteiger partial charge in [0.1, 0.15) is 0 Å². The van der Waals surface area contributed by atoms with Gasteiger partial charge in [-0.05, 0) is 37.1 Å². The maximum Gasteiger partial charge on any atom is 0.229 e. The first-order chi connectivity index (χ1) is 9.55. The van der Waals surface area contributed by atoms with Crippen LogP contribution >= 0.6 is 15.9 Å². The van der Waals surface area contributed by atoms with E-state index in [0.717, 1.165) is 21.2 Å². The first kappa shape index (κ1) is 15.2. The molecule has 0 aliphatic carbocycles. The van der Waals surface area contributed by atoms with Gasteiger partial charge in [0.15, 0.2) is 0 Å². The topological polar surface area (TPSA) is 74.2 Å². The van der Waals surface area contributed by atoms with Crippen molar-refractivity contribution in [2.75, 3.05) is 13.7 Å². The molecule has 108 valence electrons. The zero-order chi connectivity index (χ0) is 14.7. The van der Waals surface area contributed by atoms with Crippen molar-refractivity contribution in [1.29, 1.82) is 0 Å². The van der Waals surface area contributed by atoms with Gasteiger partial charge < -0.3 is 15.0 Å². The lowest BCUT2D eigenvalue weighted by Crippen LogP contribution is -2.24. The van der Waals surface area contributed by atoms with E-state index in [1.807, 2.05) is 26.0 Å². The number of aryl methyl sites for hydroxylation is 2. The molecule has 1 unspecified atom stereocenters. The molecule has 2 rings (SSSR count). The third kappa shape index (κ3) is 3.26. The van der Waals surface area contributed by atoms with Crippen LogP contribution in [0.2, 0.25) is 0 Å². The third-order valence-electron chi connectivity index (χ3n) is 3.16. The normalized spacial score (nSPS) is 12.7. The first-order valence-electron chi connectivity index (χ1n) is 6.37. The predicted molar refractivity (Wildman–Crippen MR) is 80.5 cm³/mol. The average Bonchev–Trinajstić information content (AvgIpc) is 2.90. The number of nitrogens with zero attached hydrogens (tertiary/aromatic N) is 2. The van der Waals surface area contributed by atoms with Crippen molar-refractivity contribution in [3.8, 4) is 11.4 Å². The van der Waals surface area contributed by atoms with Crippen LogP contribution in [0, 0.1) is 13.8 Å². The zero-order valence-electron chi connectivity index (χ0n) is 11.8. The molecule has 2 aromatic rings. The van der Waals surface area contributed by atoms with Crippen LogP contribution in [0.3, 0.4) is 0 Å². The Morgan fingerprint density at radius 2 is 2.00 bits per heavy atom. The number of benzene rings is 1. The summed E-state index contributed by atoms with van der Waals surface area (Å²) in [6, 6.07) is 4.06. The molecule has 0 radical (unpaired) electrons. The van der Waals surface area contributed by atoms with Crippen LogP contribution in [0.4, 0.5) is 0 Å². The lowest BCUT2D eigenvalue weighted by molar-refractivity contribution is 0.102. The number of hydrogen-bond donors (Lipinski definition) is 1. The quantitative estimate of drug-likeness (QED) is 0.906. The number of rotatable bonds is 5. The number of hydrogen-bond acceptors (Lipinski definition) is 5. The summed E-state index contributed by atoms with van der Waals surface area (Å²) >= 11 is 3.55. The molecule has 2 N–H and O–H groups in total. The van der Waals surface area contributed by atoms with Crippen LogP contribution in [0.25, 0.3) is 11.4 Å². The van der Waals surface area contributed by atoms with Gasteiger partial charge in [-0.2, -0.15) is 4.98 Å².